The average Bonchev–Trinajstić information content (AvgIpc) is 2.98. The molecule has 0 amide bonds. The van der Waals surface area contributed by atoms with Crippen LogP contribution in [0.3, 0.4) is 0 Å². The highest BCUT2D eigenvalue weighted by atomic mass is 16.6. The molecule has 0 aliphatic rings. The summed E-state index contributed by atoms with van der Waals surface area (Å²) in [5, 5.41) is 4.47. The van der Waals surface area contributed by atoms with Crippen LogP contribution >= 0.6 is 0 Å². The van der Waals surface area contributed by atoms with Gasteiger partial charge in [0.2, 0.25) is 0 Å². The summed E-state index contributed by atoms with van der Waals surface area (Å²) in [7, 11) is 0. The van der Waals surface area contributed by atoms with Crippen LogP contribution in [0.1, 0.15) is 0 Å². The number of hydrogen-bond acceptors (Lipinski definition) is 6. The Balaban J connectivity index is 1.35. The standard InChI is InChI=1S/C34H22O6/c35-32(38-28-19-7-13-22-10-1-4-16-25(22)28)31(33(36)39-29-20-8-14-23-11-2-5-17-26(23)29)34(37)40-30-21-9-15-24-12-3-6-18-27(24)30/h1-21,31H. The summed E-state index contributed by atoms with van der Waals surface area (Å²) >= 11 is 0. The Labute approximate surface area is 229 Å². The highest BCUT2D eigenvalue weighted by molar-refractivity contribution is 6.15. The van der Waals surface area contributed by atoms with Gasteiger partial charge in [-0.25, -0.2) is 0 Å². The van der Waals surface area contributed by atoms with Crippen LogP contribution in [0.2, 0.25) is 0 Å². The van der Waals surface area contributed by atoms with Gasteiger partial charge in [0.05, 0.1) is 0 Å². The van der Waals surface area contributed by atoms with Gasteiger partial charge in [0, 0.05) is 16.2 Å². The minimum Gasteiger partial charge on any atom is -0.425 e. The maximum absolute atomic E-state index is 13.5. The molecule has 0 heterocycles. The topological polar surface area (TPSA) is 78.9 Å². The Morgan fingerprint density at radius 3 is 0.975 bits per heavy atom. The molecular weight excluding hydrogens is 504 g/mol. The van der Waals surface area contributed by atoms with Crippen molar-refractivity contribution in [3.8, 4) is 17.2 Å². The fraction of sp³-hybridized carbons (Fsp3) is 0.0294. The van der Waals surface area contributed by atoms with Gasteiger partial charge in [-0.1, -0.05) is 109 Å². The largest absolute Gasteiger partial charge is 0.425 e. The number of hydrogen-bond donors (Lipinski definition) is 0. The fourth-order valence-electron chi connectivity index (χ4n) is 4.64. The number of rotatable bonds is 6. The smallest absolute Gasteiger partial charge is 0.337 e. The lowest BCUT2D eigenvalue weighted by Gasteiger charge is -2.16. The molecule has 0 fully saturated rings. The molecule has 0 N–H and O–H groups in total. The first kappa shape index (κ1) is 24.8. The van der Waals surface area contributed by atoms with Crippen molar-refractivity contribution in [3.05, 3.63) is 127 Å². The molecule has 40 heavy (non-hydrogen) atoms. The van der Waals surface area contributed by atoms with Gasteiger partial charge in [0.1, 0.15) is 17.2 Å². The van der Waals surface area contributed by atoms with Crippen molar-refractivity contribution in [2.24, 2.45) is 5.92 Å². The molecule has 0 aliphatic heterocycles. The van der Waals surface area contributed by atoms with Gasteiger partial charge in [-0.3, -0.25) is 14.4 Å². The molecule has 6 aromatic rings. The van der Waals surface area contributed by atoms with Crippen LogP contribution in [0, 0.1) is 5.92 Å². The SMILES string of the molecule is O=C(Oc1cccc2ccccc12)C(C(=O)Oc1cccc2ccccc12)C(=O)Oc1cccc2ccccc12. The highest BCUT2D eigenvalue weighted by Crippen LogP contribution is 2.30. The minimum atomic E-state index is -2.00. The van der Waals surface area contributed by atoms with Gasteiger partial charge < -0.3 is 14.2 Å². The van der Waals surface area contributed by atoms with Gasteiger partial charge >= 0.3 is 17.9 Å². The molecule has 0 aromatic heterocycles. The molecule has 0 saturated carbocycles. The number of ether oxygens (including phenoxy) is 3. The molecule has 194 valence electrons. The van der Waals surface area contributed by atoms with E-state index in [0.29, 0.717) is 16.2 Å². The van der Waals surface area contributed by atoms with Gasteiger partial charge in [0.15, 0.2) is 0 Å². The number of carbonyl (C=O) groups is 3. The van der Waals surface area contributed by atoms with Crippen molar-refractivity contribution in [3.63, 3.8) is 0 Å². The molecule has 0 atom stereocenters. The van der Waals surface area contributed by atoms with E-state index in [-0.39, 0.29) is 17.2 Å². The normalized spacial score (nSPS) is 11.0. The van der Waals surface area contributed by atoms with Crippen LogP contribution in [0.15, 0.2) is 127 Å². The molecule has 0 spiro atoms. The van der Waals surface area contributed by atoms with E-state index >= 15 is 0 Å². The van der Waals surface area contributed by atoms with E-state index in [1.165, 1.54) is 0 Å². The van der Waals surface area contributed by atoms with Crippen molar-refractivity contribution in [2.75, 3.05) is 0 Å². The number of esters is 3. The first-order valence-electron chi connectivity index (χ1n) is 12.7. The van der Waals surface area contributed by atoms with E-state index in [0.717, 1.165) is 16.2 Å². The first-order chi connectivity index (χ1) is 19.6. The van der Waals surface area contributed by atoms with Crippen molar-refractivity contribution in [1.82, 2.24) is 0 Å². The van der Waals surface area contributed by atoms with Crippen LogP contribution in [-0.2, 0) is 14.4 Å². The van der Waals surface area contributed by atoms with Crippen molar-refractivity contribution >= 4 is 50.2 Å². The van der Waals surface area contributed by atoms with E-state index < -0.39 is 23.8 Å². The maximum Gasteiger partial charge on any atom is 0.337 e. The molecular formula is C34H22O6. The second kappa shape index (κ2) is 10.7. The summed E-state index contributed by atoms with van der Waals surface area (Å²) in [5.41, 5.74) is 0. The molecule has 0 aliphatic carbocycles. The Morgan fingerprint density at radius 2 is 0.650 bits per heavy atom. The average molecular weight is 527 g/mol. The fourth-order valence-corrected chi connectivity index (χ4v) is 4.64. The lowest BCUT2D eigenvalue weighted by molar-refractivity contribution is -0.160. The molecule has 0 unspecified atom stereocenters. The molecule has 0 radical (unpaired) electrons. The van der Waals surface area contributed by atoms with Crippen molar-refractivity contribution < 1.29 is 28.6 Å². The number of carbonyl (C=O) groups excluding carboxylic acids is 3. The summed E-state index contributed by atoms with van der Waals surface area (Å²) in [4.78, 5) is 40.6. The minimum absolute atomic E-state index is 0.212. The van der Waals surface area contributed by atoms with Crippen LogP contribution in [0.5, 0.6) is 17.2 Å². The first-order valence-corrected chi connectivity index (χ1v) is 12.7. The van der Waals surface area contributed by atoms with Crippen LogP contribution in [0.4, 0.5) is 0 Å². The lowest BCUT2D eigenvalue weighted by Crippen LogP contribution is -2.40. The van der Waals surface area contributed by atoms with Gasteiger partial charge in [0.25, 0.3) is 5.92 Å². The van der Waals surface area contributed by atoms with Crippen LogP contribution in [-0.4, -0.2) is 17.9 Å². The predicted molar refractivity (Wildman–Crippen MR) is 152 cm³/mol. The number of fused-ring (bicyclic) bond motifs is 3. The van der Waals surface area contributed by atoms with E-state index in [9.17, 15) is 14.4 Å². The molecule has 6 nitrogen and oxygen atoms in total. The third-order valence-corrected chi connectivity index (χ3v) is 6.59. The monoisotopic (exact) mass is 526 g/mol. The van der Waals surface area contributed by atoms with Crippen molar-refractivity contribution in [1.29, 1.82) is 0 Å². The Morgan fingerprint density at radius 1 is 0.375 bits per heavy atom. The predicted octanol–water partition coefficient (Wildman–Crippen LogP) is 6.88. The van der Waals surface area contributed by atoms with Gasteiger partial charge in [-0.05, 0) is 34.4 Å². The molecule has 6 rings (SSSR count). The summed E-state index contributed by atoms with van der Waals surface area (Å²) in [6, 6.07) is 37.6. The van der Waals surface area contributed by atoms with E-state index in [4.69, 9.17) is 14.2 Å². The van der Waals surface area contributed by atoms with E-state index in [1.807, 2.05) is 54.6 Å². The molecule has 6 heteroatoms. The van der Waals surface area contributed by atoms with Crippen molar-refractivity contribution in [2.45, 2.75) is 0 Å². The zero-order chi connectivity index (χ0) is 27.5. The Hall–Kier alpha value is -5.49. The summed E-state index contributed by atoms with van der Waals surface area (Å²) in [5.74, 6) is -4.68. The highest BCUT2D eigenvalue weighted by Gasteiger charge is 2.40. The van der Waals surface area contributed by atoms with E-state index in [1.54, 1.807) is 72.8 Å². The zero-order valence-corrected chi connectivity index (χ0v) is 21.2. The van der Waals surface area contributed by atoms with Gasteiger partial charge in [-0.2, -0.15) is 0 Å². The van der Waals surface area contributed by atoms with Gasteiger partial charge in [-0.15, -0.1) is 0 Å². The number of benzene rings is 6. The second-order valence-corrected chi connectivity index (χ2v) is 9.13. The summed E-state index contributed by atoms with van der Waals surface area (Å²) < 4.78 is 16.9. The molecule has 0 saturated heterocycles. The summed E-state index contributed by atoms with van der Waals surface area (Å²) in [6.45, 7) is 0. The third-order valence-electron chi connectivity index (χ3n) is 6.59. The maximum atomic E-state index is 13.5. The Bertz CT molecular complexity index is 1670. The zero-order valence-electron chi connectivity index (χ0n) is 21.2. The van der Waals surface area contributed by atoms with Crippen LogP contribution < -0.4 is 14.2 Å². The quantitative estimate of drug-likeness (QED) is 0.134. The van der Waals surface area contributed by atoms with Crippen LogP contribution in [0.25, 0.3) is 32.3 Å². The third kappa shape index (κ3) is 4.86. The molecule has 0 bridgehead atoms. The second-order valence-electron chi connectivity index (χ2n) is 9.13. The lowest BCUT2D eigenvalue weighted by atomic mass is 10.1. The Kier molecular flexibility index (Phi) is 6.65. The van der Waals surface area contributed by atoms with E-state index in [2.05, 4.69) is 0 Å². The molecule has 6 aromatic carbocycles. The summed E-state index contributed by atoms with van der Waals surface area (Å²) in [6.07, 6.45) is 0.